The number of fused-ring (bicyclic) bond motifs is 1. The molecule has 2 atom stereocenters. The van der Waals surface area contributed by atoms with Crippen molar-refractivity contribution in [2.45, 2.75) is 39.2 Å². The van der Waals surface area contributed by atoms with Gasteiger partial charge in [0.05, 0.1) is 6.10 Å². The van der Waals surface area contributed by atoms with Gasteiger partial charge < -0.3 is 15.3 Å². The van der Waals surface area contributed by atoms with Crippen LogP contribution in [0.25, 0.3) is 0 Å². The van der Waals surface area contributed by atoms with Crippen molar-refractivity contribution in [1.29, 1.82) is 0 Å². The molecule has 3 N–H and O–H groups in total. The van der Waals surface area contributed by atoms with Gasteiger partial charge >= 0.3 is 0 Å². The van der Waals surface area contributed by atoms with E-state index in [0.29, 0.717) is 11.5 Å². The van der Waals surface area contributed by atoms with Gasteiger partial charge in [0.15, 0.2) is 11.5 Å². The lowest BCUT2D eigenvalue weighted by Crippen LogP contribution is -2.22. The second-order valence-electron chi connectivity index (χ2n) is 5.37. The van der Waals surface area contributed by atoms with Crippen LogP contribution in [0.2, 0.25) is 0 Å². The summed E-state index contributed by atoms with van der Waals surface area (Å²) in [5.74, 6) is 0.649. The van der Waals surface area contributed by atoms with Gasteiger partial charge in [-0.15, -0.1) is 0 Å². The largest absolute Gasteiger partial charge is 0.504 e. The Balaban J connectivity index is 2.30. The Kier molecular flexibility index (Phi) is 3.29. The van der Waals surface area contributed by atoms with Gasteiger partial charge in [-0.2, -0.15) is 0 Å². The number of benzene rings is 1. The maximum absolute atomic E-state index is 10.3. The highest BCUT2D eigenvalue weighted by molar-refractivity contribution is 5.50. The van der Waals surface area contributed by atoms with Crippen molar-refractivity contribution in [2.75, 3.05) is 0 Å². The molecule has 0 aromatic heterocycles. The Bertz CT molecular complexity index is 412. The smallest absolute Gasteiger partial charge is 0.161 e. The van der Waals surface area contributed by atoms with Crippen LogP contribution in [0.1, 0.15) is 43.9 Å². The molecular formula is C14H20O3. The SMILES string of the molecule is CC(C)C[C@@H]1CCc2c(ccc(O)c2O)[C@H]1O. The molecule has 0 aliphatic heterocycles. The van der Waals surface area contributed by atoms with Gasteiger partial charge in [-0.05, 0) is 42.7 Å². The number of aliphatic hydroxyl groups excluding tert-OH is 1. The summed E-state index contributed by atoms with van der Waals surface area (Å²) in [5, 5.41) is 29.5. The van der Waals surface area contributed by atoms with E-state index in [9.17, 15) is 15.3 Å². The minimum absolute atomic E-state index is 0.0652. The number of rotatable bonds is 2. The molecule has 1 aliphatic rings. The lowest BCUT2D eigenvalue weighted by Gasteiger charge is -2.31. The molecule has 0 saturated heterocycles. The van der Waals surface area contributed by atoms with Crippen LogP contribution in [0, 0.1) is 11.8 Å². The normalized spacial score (nSPS) is 23.8. The summed E-state index contributed by atoms with van der Waals surface area (Å²) in [4.78, 5) is 0. The number of aliphatic hydroxyl groups is 1. The highest BCUT2D eigenvalue weighted by atomic mass is 16.3. The third-order valence-electron chi connectivity index (χ3n) is 3.60. The van der Waals surface area contributed by atoms with Crippen molar-refractivity contribution < 1.29 is 15.3 Å². The van der Waals surface area contributed by atoms with Gasteiger partial charge in [-0.1, -0.05) is 19.9 Å². The van der Waals surface area contributed by atoms with Crippen molar-refractivity contribution >= 4 is 0 Å². The third kappa shape index (κ3) is 2.25. The molecule has 0 fully saturated rings. The molecule has 3 nitrogen and oxygen atoms in total. The van der Waals surface area contributed by atoms with Gasteiger partial charge in [-0.3, -0.25) is 0 Å². The zero-order valence-electron chi connectivity index (χ0n) is 10.3. The summed E-state index contributed by atoms with van der Waals surface area (Å²) in [6, 6.07) is 3.18. The number of hydrogen-bond acceptors (Lipinski definition) is 3. The monoisotopic (exact) mass is 236 g/mol. The second-order valence-corrected chi connectivity index (χ2v) is 5.37. The van der Waals surface area contributed by atoms with Crippen LogP contribution in [0.3, 0.4) is 0 Å². The number of hydrogen-bond donors (Lipinski definition) is 3. The van der Waals surface area contributed by atoms with Gasteiger partial charge in [-0.25, -0.2) is 0 Å². The Hall–Kier alpha value is -1.22. The van der Waals surface area contributed by atoms with Crippen LogP contribution in [0.4, 0.5) is 0 Å². The summed E-state index contributed by atoms with van der Waals surface area (Å²) in [7, 11) is 0. The molecule has 1 aromatic rings. The van der Waals surface area contributed by atoms with Crippen LogP contribution >= 0.6 is 0 Å². The minimum Gasteiger partial charge on any atom is -0.504 e. The molecule has 2 rings (SSSR count). The van der Waals surface area contributed by atoms with E-state index in [-0.39, 0.29) is 17.4 Å². The van der Waals surface area contributed by atoms with Crippen molar-refractivity contribution in [3.05, 3.63) is 23.3 Å². The molecule has 94 valence electrons. The molecule has 1 aromatic carbocycles. The molecule has 0 bridgehead atoms. The average Bonchev–Trinajstić information content (AvgIpc) is 2.27. The van der Waals surface area contributed by atoms with E-state index in [1.165, 1.54) is 6.07 Å². The molecule has 0 spiro atoms. The average molecular weight is 236 g/mol. The Morgan fingerprint density at radius 3 is 2.65 bits per heavy atom. The lowest BCUT2D eigenvalue weighted by molar-refractivity contribution is 0.0802. The zero-order chi connectivity index (χ0) is 12.6. The van der Waals surface area contributed by atoms with E-state index < -0.39 is 6.10 Å². The van der Waals surface area contributed by atoms with Gasteiger partial charge in [0.2, 0.25) is 0 Å². The van der Waals surface area contributed by atoms with Crippen molar-refractivity contribution in [2.24, 2.45) is 11.8 Å². The summed E-state index contributed by atoms with van der Waals surface area (Å²) in [6.07, 6.45) is 2.06. The molecule has 0 radical (unpaired) electrons. The Morgan fingerprint density at radius 1 is 1.29 bits per heavy atom. The van der Waals surface area contributed by atoms with Crippen molar-refractivity contribution in [3.8, 4) is 11.5 Å². The third-order valence-corrected chi connectivity index (χ3v) is 3.60. The first-order valence-corrected chi connectivity index (χ1v) is 6.22. The molecule has 0 saturated carbocycles. The van der Waals surface area contributed by atoms with Gasteiger partial charge in [0.25, 0.3) is 0 Å². The van der Waals surface area contributed by atoms with E-state index in [1.54, 1.807) is 6.07 Å². The Labute approximate surface area is 102 Å². The summed E-state index contributed by atoms with van der Waals surface area (Å²) >= 11 is 0. The van der Waals surface area contributed by atoms with E-state index in [0.717, 1.165) is 24.8 Å². The number of aromatic hydroxyl groups is 2. The molecule has 0 heterocycles. The molecule has 0 unspecified atom stereocenters. The fraction of sp³-hybridized carbons (Fsp3) is 0.571. The fourth-order valence-corrected chi connectivity index (χ4v) is 2.77. The van der Waals surface area contributed by atoms with Crippen LogP contribution in [0.5, 0.6) is 11.5 Å². The standard InChI is InChI=1S/C14H20O3/c1-8(2)7-9-3-4-11-10(13(9)16)5-6-12(15)14(11)17/h5-6,8-9,13,15-17H,3-4,7H2,1-2H3/t9-,13-/m0/s1. The lowest BCUT2D eigenvalue weighted by atomic mass is 9.77. The highest BCUT2D eigenvalue weighted by Crippen LogP contribution is 2.43. The van der Waals surface area contributed by atoms with E-state index in [4.69, 9.17) is 0 Å². The first-order valence-electron chi connectivity index (χ1n) is 6.22. The van der Waals surface area contributed by atoms with Crippen molar-refractivity contribution in [1.82, 2.24) is 0 Å². The Morgan fingerprint density at radius 2 is 2.00 bits per heavy atom. The highest BCUT2D eigenvalue weighted by Gasteiger charge is 2.30. The second kappa shape index (κ2) is 4.57. The number of phenols is 2. The summed E-state index contributed by atoms with van der Waals surface area (Å²) in [6.45, 7) is 4.30. The fourth-order valence-electron chi connectivity index (χ4n) is 2.77. The first kappa shape index (κ1) is 12.2. The van der Waals surface area contributed by atoms with Crippen LogP contribution < -0.4 is 0 Å². The maximum atomic E-state index is 10.3. The summed E-state index contributed by atoms with van der Waals surface area (Å²) in [5.41, 5.74) is 1.48. The van der Waals surface area contributed by atoms with E-state index in [1.807, 2.05) is 0 Å². The molecule has 17 heavy (non-hydrogen) atoms. The molecule has 1 aliphatic carbocycles. The quantitative estimate of drug-likeness (QED) is 0.692. The van der Waals surface area contributed by atoms with Crippen LogP contribution in [0.15, 0.2) is 12.1 Å². The predicted molar refractivity (Wildman–Crippen MR) is 66.0 cm³/mol. The maximum Gasteiger partial charge on any atom is 0.161 e. The van der Waals surface area contributed by atoms with Crippen LogP contribution in [-0.4, -0.2) is 15.3 Å². The summed E-state index contributed by atoms with van der Waals surface area (Å²) < 4.78 is 0. The molecular weight excluding hydrogens is 216 g/mol. The predicted octanol–water partition coefficient (Wildman–Crippen LogP) is 2.74. The van der Waals surface area contributed by atoms with Crippen LogP contribution in [-0.2, 0) is 6.42 Å². The van der Waals surface area contributed by atoms with Gasteiger partial charge in [0.1, 0.15) is 0 Å². The number of phenolic OH excluding ortho intramolecular Hbond substituents is 2. The van der Waals surface area contributed by atoms with E-state index in [2.05, 4.69) is 13.8 Å². The van der Waals surface area contributed by atoms with Gasteiger partial charge in [0, 0.05) is 5.56 Å². The van der Waals surface area contributed by atoms with E-state index >= 15 is 0 Å². The molecule has 3 heteroatoms. The first-order chi connectivity index (χ1) is 8.00. The topological polar surface area (TPSA) is 60.7 Å². The molecule has 0 amide bonds. The zero-order valence-corrected chi connectivity index (χ0v) is 10.3. The van der Waals surface area contributed by atoms with Crippen molar-refractivity contribution in [3.63, 3.8) is 0 Å². The minimum atomic E-state index is -0.521.